The van der Waals surface area contributed by atoms with E-state index in [9.17, 15) is 14.4 Å². The average Bonchev–Trinajstić information content (AvgIpc) is 2.84. The van der Waals surface area contributed by atoms with Crippen molar-refractivity contribution in [3.05, 3.63) is 82.2 Å². The van der Waals surface area contributed by atoms with E-state index in [-0.39, 0.29) is 34.9 Å². The van der Waals surface area contributed by atoms with Crippen molar-refractivity contribution in [2.75, 3.05) is 19.0 Å². The van der Waals surface area contributed by atoms with E-state index in [1.165, 1.54) is 0 Å². The molecular weight excluding hydrogens is 488 g/mol. The summed E-state index contributed by atoms with van der Waals surface area (Å²) in [5.41, 5.74) is 5.64. The van der Waals surface area contributed by atoms with Crippen molar-refractivity contribution in [1.82, 2.24) is 4.90 Å². The third-order valence-electron chi connectivity index (χ3n) is 8.10. The smallest absolute Gasteiger partial charge is 0.262 e. The van der Waals surface area contributed by atoms with Gasteiger partial charge in [-0.1, -0.05) is 63.6 Å². The Morgan fingerprint density at radius 1 is 0.872 bits per heavy atom. The second kappa shape index (κ2) is 9.82. The summed E-state index contributed by atoms with van der Waals surface area (Å²) in [6.45, 7) is 10.3. The van der Waals surface area contributed by atoms with Crippen LogP contribution in [0.4, 0.5) is 5.69 Å². The van der Waals surface area contributed by atoms with E-state index < -0.39 is 5.92 Å². The summed E-state index contributed by atoms with van der Waals surface area (Å²) in [5.74, 6) is -0.110. The first-order valence-electron chi connectivity index (χ1n) is 13.7. The highest BCUT2D eigenvalue weighted by molar-refractivity contribution is 6.07. The molecule has 5 rings (SSSR count). The highest BCUT2D eigenvalue weighted by atomic mass is 16.5. The van der Waals surface area contributed by atoms with Crippen LogP contribution in [0.25, 0.3) is 0 Å². The number of Topliss-reactive ketones (excluding diaryl/α,β-unsaturated/α-hetero) is 2. The monoisotopic (exact) mass is 526 g/mol. The van der Waals surface area contributed by atoms with Gasteiger partial charge in [-0.15, -0.1) is 0 Å². The molecule has 0 unspecified atom stereocenters. The first kappa shape index (κ1) is 26.9. The minimum atomic E-state index is -0.505. The maximum atomic E-state index is 13.8. The van der Waals surface area contributed by atoms with Gasteiger partial charge in [0.05, 0.1) is 0 Å². The molecule has 6 heteroatoms. The van der Waals surface area contributed by atoms with Crippen LogP contribution >= 0.6 is 0 Å². The molecule has 0 atom stereocenters. The fourth-order valence-corrected chi connectivity index (χ4v) is 6.30. The van der Waals surface area contributed by atoms with Crippen LogP contribution in [-0.4, -0.2) is 36.0 Å². The Morgan fingerprint density at radius 3 is 1.97 bits per heavy atom. The van der Waals surface area contributed by atoms with Crippen LogP contribution in [0.3, 0.4) is 0 Å². The van der Waals surface area contributed by atoms with Gasteiger partial charge < -0.3 is 15.0 Å². The number of ether oxygens (including phenoxy) is 1. The summed E-state index contributed by atoms with van der Waals surface area (Å²) in [6, 6.07) is 15.1. The molecule has 6 nitrogen and oxygen atoms in total. The van der Waals surface area contributed by atoms with Gasteiger partial charge in [0.2, 0.25) is 0 Å². The number of nitrogens with one attached hydrogen (secondary N) is 1. The van der Waals surface area contributed by atoms with E-state index in [0.717, 1.165) is 35.4 Å². The largest absolute Gasteiger partial charge is 0.483 e. The summed E-state index contributed by atoms with van der Waals surface area (Å²) < 4.78 is 6.09. The molecule has 1 aliphatic heterocycles. The van der Waals surface area contributed by atoms with Gasteiger partial charge >= 0.3 is 0 Å². The molecule has 1 amide bonds. The molecule has 2 aliphatic carbocycles. The first-order chi connectivity index (χ1) is 18.3. The molecule has 3 aliphatic rings. The Kier molecular flexibility index (Phi) is 6.78. The zero-order chi connectivity index (χ0) is 28.1. The molecular formula is C33H38N2O4. The quantitative estimate of drug-likeness (QED) is 0.493. The van der Waals surface area contributed by atoms with Gasteiger partial charge in [0.1, 0.15) is 5.75 Å². The summed E-state index contributed by atoms with van der Waals surface area (Å²) >= 11 is 0. The summed E-state index contributed by atoms with van der Waals surface area (Å²) in [6.07, 6.45) is 2.38. The number of hydrogen-bond donors (Lipinski definition) is 1. The lowest BCUT2D eigenvalue weighted by molar-refractivity contribution is -0.120. The van der Waals surface area contributed by atoms with Crippen LogP contribution in [0.2, 0.25) is 0 Å². The number of para-hydroxylation sites is 1. The molecule has 0 radical (unpaired) electrons. The number of allylic oxidation sites excluding steroid dienone is 4. The molecule has 1 heterocycles. The average molecular weight is 527 g/mol. The van der Waals surface area contributed by atoms with E-state index >= 15 is 0 Å². The SMILES string of the molecule is Cc1ccc(NC(=O)COc2ccccc2C2C3=C(CC(C)(C)CC3=O)N(C)C3=C2C(=O)CC(C)(C)C3)cc1. The topological polar surface area (TPSA) is 75.7 Å². The number of carbonyl (C=O) groups is 3. The lowest BCUT2D eigenvalue weighted by Gasteiger charge is -2.48. The van der Waals surface area contributed by atoms with Crippen molar-refractivity contribution >= 4 is 23.2 Å². The fourth-order valence-electron chi connectivity index (χ4n) is 6.30. The molecule has 0 fully saturated rings. The van der Waals surface area contributed by atoms with Crippen molar-refractivity contribution in [3.8, 4) is 5.75 Å². The zero-order valence-electron chi connectivity index (χ0n) is 23.8. The molecule has 204 valence electrons. The minimum absolute atomic E-state index is 0.0780. The predicted octanol–water partition coefficient (Wildman–Crippen LogP) is 6.33. The van der Waals surface area contributed by atoms with Gasteiger partial charge in [-0.2, -0.15) is 0 Å². The van der Waals surface area contributed by atoms with E-state index in [0.29, 0.717) is 35.4 Å². The van der Waals surface area contributed by atoms with E-state index in [4.69, 9.17) is 4.74 Å². The van der Waals surface area contributed by atoms with Gasteiger partial charge in [0, 0.05) is 59.6 Å². The molecule has 0 spiro atoms. The van der Waals surface area contributed by atoms with Gasteiger partial charge in [0.25, 0.3) is 5.91 Å². The standard InChI is InChI=1S/C33H38N2O4/c1-20-11-13-21(14-12-20)34-28(38)19-39-27-10-8-7-9-22(27)29-30-23(15-32(2,3)17-25(30)36)35(6)24-16-33(4,5)18-26(37)31(24)29/h7-14,29H,15-19H2,1-6H3,(H,34,38). The maximum absolute atomic E-state index is 13.8. The molecule has 1 N–H and O–H groups in total. The number of amides is 1. The Balaban J connectivity index is 1.53. The number of rotatable bonds is 5. The highest BCUT2D eigenvalue weighted by Gasteiger charge is 2.48. The molecule has 39 heavy (non-hydrogen) atoms. The lowest BCUT2D eigenvalue weighted by Crippen LogP contribution is -2.43. The molecule has 0 saturated heterocycles. The van der Waals surface area contributed by atoms with Crippen LogP contribution in [0, 0.1) is 17.8 Å². The zero-order valence-corrected chi connectivity index (χ0v) is 23.8. The number of nitrogens with zero attached hydrogens (tertiary/aromatic N) is 1. The minimum Gasteiger partial charge on any atom is -0.483 e. The molecule has 0 saturated carbocycles. The predicted molar refractivity (Wildman–Crippen MR) is 152 cm³/mol. The van der Waals surface area contributed by atoms with Crippen LogP contribution < -0.4 is 10.1 Å². The molecule has 0 bridgehead atoms. The third kappa shape index (κ3) is 5.29. The second-order valence-corrected chi connectivity index (χ2v) is 12.8. The van der Waals surface area contributed by atoms with Gasteiger partial charge in [-0.25, -0.2) is 0 Å². The van der Waals surface area contributed by atoms with E-state index in [2.05, 4.69) is 37.9 Å². The van der Waals surface area contributed by atoms with Gasteiger partial charge in [0.15, 0.2) is 18.2 Å². The Hall–Kier alpha value is -3.67. The Morgan fingerprint density at radius 2 is 1.41 bits per heavy atom. The third-order valence-corrected chi connectivity index (χ3v) is 8.10. The van der Waals surface area contributed by atoms with Crippen LogP contribution in [-0.2, 0) is 14.4 Å². The number of hydrogen-bond acceptors (Lipinski definition) is 5. The van der Waals surface area contributed by atoms with Gasteiger partial charge in [-0.05, 0) is 48.8 Å². The van der Waals surface area contributed by atoms with Crippen molar-refractivity contribution in [2.45, 2.75) is 66.2 Å². The van der Waals surface area contributed by atoms with Crippen molar-refractivity contribution in [2.24, 2.45) is 10.8 Å². The first-order valence-corrected chi connectivity index (χ1v) is 13.7. The van der Waals surface area contributed by atoms with Crippen molar-refractivity contribution < 1.29 is 19.1 Å². The number of carbonyl (C=O) groups excluding carboxylic acids is 3. The Bertz CT molecular complexity index is 1360. The summed E-state index contributed by atoms with van der Waals surface area (Å²) in [7, 11) is 2.00. The number of ketones is 2. The summed E-state index contributed by atoms with van der Waals surface area (Å²) in [4.78, 5) is 42.4. The molecule has 2 aromatic rings. The number of aryl methyl sites for hydroxylation is 1. The number of anilines is 1. The number of benzene rings is 2. The molecule has 0 aromatic heterocycles. The normalized spacial score (nSPS) is 20.5. The fraction of sp³-hybridized carbons (Fsp3) is 0.424. The maximum Gasteiger partial charge on any atom is 0.262 e. The lowest BCUT2D eigenvalue weighted by atomic mass is 9.63. The van der Waals surface area contributed by atoms with Crippen LogP contribution in [0.5, 0.6) is 5.75 Å². The Labute approximate surface area is 231 Å². The van der Waals surface area contributed by atoms with E-state index in [1.54, 1.807) is 0 Å². The van der Waals surface area contributed by atoms with Crippen LogP contribution in [0.1, 0.15) is 70.4 Å². The highest BCUT2D eigenvalue weighted by Crippen LogP contribution is 2.54. The van der Waals surface area contributed by atoms with Crippen molar-refractivity contribution in [3.63, 3.8) is 0 Å². The van der Waals surface area contributed by atoms with Crippen LogP contribution in [0.15, 0.2) is 71.1 Å². The van der Waals surface area contributed by atoms with Gasteiger partial charge in [-0.3, -0.25) is 14.4 Å². The van der Waals surface area contributed by atoms with Crippen molar-refractivity contribution in [1.29, 1.82) is 0 Å². The molecule has 2 aromatic carbocycles. The van der Waals surface area contributed by atoms with E-state index in [1.807, 2.05) is 62.5 Å². The summed E-state index contributed by atoms with van der Waals surface area (Å²) in [5, 5.41) is 2.87. The second-order valence-electron chi connectivity index (χ2n) is 12.8.